The van der Waals surface area contributed by atoms with Crippen molar-refractivity contribution in [2.75, 3.05) is 5.32 Å². The maximum atomic E-state index is 12.5. The lowest BCUT2D eigenvalue weighted by atomic mass is 10.1. The summed E-state index contributed by atoms with van der Waals surface area (Å²) in [6, 6.07) is 9.92. The first-order valence-electron chi connectivity index (χ1n) is 7.11. The summed E-state index contributed by atoms with van der Waals surface area (Å²) in [5.74, 6) is -1.50. The van der Waals surface area contributed by atoms with Crippen molar-refractivity contribution in [1.82, 2.24) is 0 Å². The Bertz CT molecular complexity index is 775. The van der Waals surface area contributed by atoms with E-state index < -0.39 is 29.7 Å². The second-order valence-corrected chi connectivity index (χ2v) is 5.56. The van der Waals surface area contributed by atoms with E-state index in [2.05, 4.69) is 5.32 Å². The molecule has 1 atom stereocenters. The quantitative estimate of drug-likeness (QED) is 0.803. The summed E-state index contributed by atoms with van der Waals surface area (Å²) in [5, 5.41) is 2.94. The van der Waals surface area contributed by atoms with Gasteiger partial charge in [0.05, 0.1) is 11.1 Å². The molecule has 0 spiro atoms. The van der Waals surface area contributed by atoms with Gasteiger partial charge in [0, 0.05) is 10.7 Å². The Morgan fingerprint density at radius 1 is 1.12 bits per heavy atom. The van der Waals surface area contributed by atoms with E-state index in [-0.39, 0.29) is 5.56 Å². The van der Waals surface area contributed by atoms with Crippen molar-refractivity contribution in [3.05, 3.63) is 64.7 Å². The molecule has 0 bridgehead atoms. The van der Waals surface area contributed by atoms with E-state index in [0.717, 1.165) is 24.3 Å². The fourth-order valence-electron chi connectivity index (χ4n) is 1.89. The molecule has 8 heteroatoms. The normalized spacial score (nSPS) is 12.4. The lowest BCUT2D eigenvalue weighted by molar-refractivity contribution is -0.137. The van der Waals surface area contributed by atoms with Crippen LogP contribution in [0.2, 0.25) is 5.02 Å². The molecule has 2 rings (SSSR count). The topological polar surface area (TPSA) is 55.4 Å². The van der Waals surface area contributed by atoms with E-state index in [4.69, 9.17) is 16.3 Å². The Kier molecular flexibility index (Phi) is 5.69. The molecule has 0 aliphatic rings. The number of esters is 1. The van der Waals surface area contributed by atoms with Gasteiger partial charge >= 0.3 is 12.1 Å². The van der Waals surface area contributed by atoms with Crippen LogP contribution in [0.5, 0.6) is 0 Å². The predicted octanol–water partition coefficient (Wildman–Crippen LogP) is 4.54. The molecule has 0 aliphatic carbocycles. The summed E-state index contributed by atoms with van der Waals surface area (Å²) >= 11 is 5.80. The Morgan fingerprint density at radius 3 is 2.32 bits per heavy atom. The minimum Gasteiger partial charge on any atom is -0.449 e. The third-order valence-electron chi connectivity index (χ3n) is 3.19. The number of carbonyl (C=O) groups excluding carboxylic acids is 2. The Labute approximate surface area is 146 Å². The monoisotopic (exact) mass is 371 g/mol. The van der Waals surface area contributed by atoms with Crippen LogP contribution in [-0.2, 0) is 15.7 Å². The summed E-state index contributed by atoms with van der Waals surface area (Å²) < 4.78 is 42.4. The van der Waals surface area contributed by atoms with Crippen LogP contribution in [-0.4, -0.2) is 18.0 Å². The number of alkyl halides is 3. The Morgan fingerprint density at radius 2 is 1.76 bits per heavy atom. The van der Waals surface area contributed by atoms with Gasteiger partial charge in [-0.1, -0.05) is 17.7 Å². The van der Waals surface area contributed by atoms with E-state index in [1.54, 1.807) is 18.2 Å². The van der Waals surface area contributed by atoms with Crippen molar-refractivity contribution >= 4 is 29.2 Å². The molecule has 1 unspecified atom stereocenters. The number of nitrogens with one attached hydrogen (secondary N) is 1. The second kappa shape index (κ2) is 7.57. The number of amides is 1. The van der Waals surface area contributed by atoms with Crippen LogP contribution in [0.4, 0.5) is 18.9 Å². The summed E-state index contributed by atoms with van der Waals surface area (Å²) in [7, 11) is 0. The third-order valence-corrected chi connectivity index (χ3v) is 3.43. The van der Waals surface area contributed by atoms with Gasteiger partial charge < -0.3 is 10.1 Å². The van der Waals surface area contributed by atoms with Crippen LogP contribution in [0.3, 0.4) is 0 Å². The van der Waals surface area contributed by atoms with Crippen LogP contribution in [0.1, 0.15) is 22.8 Å². The number of benzene rings is 2. The highest BCUT2D eigenvalue weighted by Crippen LogP contribution is 2.29. The van der Waals surface area contributed by atoms with E-state index in [0.29, 0.717) is 10.7 Å². The van der Waals surface area contributed by atoms with Crippen molar-refractivity contribution < 1.29 is 27.5 Å². The number of ether oxygens (including phenoxy) is 1. The van der Waals surface area contributed by atoms with E-state index in [1.807, 2.05) is 0 Å². The van der Waals surface area contributed by atoms with Crippen molar-refractivity contribution in [1.29, 1.82) is 0 Å². The summed E-state index contributed by atoms with van der Waals surface area (Å²) in [5.41, 5.74) is -0.541. The minimum absolute atomic E-state index is 0.0876. The zero-order chi connectivity index (χ0) is 18.6. The zero-order valence-electron chi connectivity index (χ0n) is 12.9. The summed E-state index contributed by atoms with van der Waals surface area (Å²) in [4.78, 5) is 23.9. The van der Waals surface area contributed by atoms with Crippen molar-refractivity contribution in [2.24, 2.45) is 0 Å². The maximum absolute atomic E-state index is 12.5. The van der Waals surface area contributed by atoms with Crippen LogP contribution in [0.25, 0.3) is 0 Å². The number of anilines is 1. The van der Waals surface area contributed by atoms with Gasteiger partial charge in [0.25, 0.3) is 5.91 Å². The van der Waals surface area contributed by atoms with Gasteiger partial charge in [-0.25, -0.2) is 4.79 Å². The molecular weight excluding hydrogens is 359 g/mol. The second-order valence-electron chi connectivity index (χ2n) is 5.12. The third kappa shape index (κ3) is 5.22. The highest BCUT2D eigenvalue weighted by molar-refractivity contribution is 6.30. The molecule has 0 saturated carbocycles. The molecule has 4 nitrogen and oxygen atoms in total. The first-order valence-corrected chi connectivity index (χ1v) is 7.49. The number of halogens is 4. The molecule has 0 radical (unpaired) electrons. The zero-order valence-corrected chi connectivity index (χ0v) is 13.7. The fourth-order valence-corrected chi connectivity index (χ4v) is 2.08. The Hall–Kier alpha value is -2.54. The number of hydrogen-bond acceptors (Lipinski definition) is 3. The number of hydrogen-bond donors (Lipinski definition) is 1. The first-order chi connectivity index (χ1) is 11.7. The molecule has 2 aromatic rings. The molecule has 1 amide bonds. The molecule has 1 N–H and O–H groups in total. The van der Waals surface area contributed by atoms with Gasteiger partial charge in [0.2, 0.25) is 0 Å². The molecule has 132 valence electrons. The van der Waals surface area contributed by atoms with Crippen molar-refractivity contribution in [3.63, 3.8) is 0 Å². The molecule has 0 heterocycles. The lowest BCUT2D eigenvalue weighted by Crippen LogP contribution is -2.30. The molecule has 25 heavy (non-hydrogen) atoms. The van der Waals surface area contributed by atoms with E-state index in [1.165, 1.54) is 13.0 Å². The molecule has 0 aromatic heterocycles. The molecular formula is C17H13ClF3NO3. The molecule has 0 fully saturated rings. The van der Waals surface area contributed by atoms with Gasteiger partial charge in [-0.2, -0.15) is 13.2 Å². The highest BCUT2D eigenvalue weighted by Gasteiger charge is 2.30. The van der Waals surface area contributed by atoms with Crippen LogP contribution in [0, 0.1) is 0 Å². The first kappa shape index (κ1) is 18.8. The molecule has 0 aliphatic heterocycles. The van der Waals surface area contributed by atoms with Crippen LogP contribution in [0.15, 0.2) is 48.5 Å². The van der Waals surface area contributed by atoms with Gasteiger partial charge in [0.15, 0.2) is 6.10 Å². The van der Waals surface area contributed by atoms with Crippen molar-refractivity contribution in [3.8, 4) is 0 Å². The maximum Gasteiger partial charge on any atom is 0.416 e. The standard InChI is InChI=1S/C17H13ClF3NO3/c1-10(15(23)22-14-4-2-3-13(18)9-14)25-16(24)11-5-7-12(8-6-11)17(19,20)21/h2-10H,1H3,(H,22,23). The molecule has 2 aromatic carbocycles. The highest BCUT2D eigenvalue weighted by atomic mass is 35.5. The van der Waals surface area contributed by atoms with Gasteiger partial charge in [-0.15, -0.1) is 0 Å². The van der Waals surface area contributed by atoms with Crippen LogP contribution < -0.4 is 5.32 Å². The average Bonchev–Trinajstić information content (AvgIpc) is 2.54. The fraction of sp³-hybridized carbons (Fsp3) is 0.176. The SMILES string of the molecule is CC(OC(=O)c1ccc(C(F)(F)F)cc1)C(=O)Nc1cccc(Cl)c1. The summed E-state index contributed by atoms with van der Waals surface area (Å²) in [6.07, 6.45) is -5.64. The average molecular weight is 372 g/mol. The largest absolute Gasteiger partial charge is 0.449 e. The lowest BCUT2D eigenvalue weighted by Gasteiger charge is -2.14. The van der Waals surface area contributed by atoms with Gasteiger partial charge in [0.1, 0.15) is 0 Å². The predicted molar refractivity (Wildman–Crippen MR) is 86.4 cm³/mol. The number of carbonyl (C=O) groups is 2. The van der Waals surface area contributed by atoms with E-state index >= 15 is 0 Å². The minimum atomic E-state index is -4.49. The smallest absolute Gasteiger partial charge is 0.416 e. The Balaban J connectivity index is 1.98. The van der Waals surface area contributed by atoms with E-state index in [9.17, 15) is 22.8 Å². The number of rotatable bonds is 4. The summed E-state index contributed by atoms with van der Waals surface area (Å²) in [6.45, 7) is 1.35. The van der Waals surface area contributed by atoms with Gasteiger partial charge in [-0.3, -0.25) is 4.79 Å². The van der Waals surface area contributed by atoms with Crippen LogP contribution >= 0.6 is 11.6 Å². The molecule has 0 saturated heterocycles. The van der Waals surface area contributed by atoms with Crippen molar-refractivity contribution in [2.45, 2.75) is 19.2 Å². The van der Waals surface area contributed by atoms with Gasteiger partial charge in [-0.05, 0) is 49.4 Å².